The van der Waals surface area contributed by atoms with E-state index in [-0.39, 0.29) is 24.6 Å². The zero-order valence-corrected chi connectivity index (χ0v) is 12.0. The van der Waals surface area contributed by atoms with Crippen molar-refractivity contribution in [3.05, 3.63) is 48.0 Å². The van der Waals surface area contributed by atoms with Gasteiger partial charge in [0.05, 0.1) is 12.1 Å². The molecular weight excluding hydrogens is 272 g/mol. The highest BCUT2D eigenvalue weighted by Gasteiger charge is 2.20. The topological polar surface area (TPSA) is 44.6 Å². The first-order valence-corrected chi connectivity index (χ1v) is 6.74. The maximum absolute atomic E-state index is 9.86. The van der Waals surface area contributed by atoms with Crippen LogP contribution in [0.2, 0.25) is 0 Å². The Morgan fingerprint density at radius 1 is 1.15 bits per heavy atom. The van der Waals surface area contributed by atoms with E-state index in [1.54, 1.807) is 0 Å². The van der Waals surface area contributed by atoms with Crippen LogP contribution in [0.5, 0.6) is 0 Å². The SMILES string of the molecule is Cl.O[C@@H]1CCNC[C@H]1N=Cc1ccc2ccccc2c1. The standard InChI is InChI=1S/C16H18N2O.ClH/c19-16-7-8-17-11-15(16)18-10-12-5-6-13-3-1-2-4-14(13)9-12;/h1-6,9-10,15-17,19H,7-8,11H2;1H/t15-,16-;/m1./s1. The summed E-state index contributed by atoms with van der Waals surface area (Å²) in [6, 6.07) is 14.6. The third kappa shape index (κ3) is 3.37. The molecule has 1 aliphatic rings. The number of benzene rings is 2. The van der Waals surface area contributed by atoms with Crippen LogP contribution in [0.4, 0.5) is 0 Å². The minimum Gasteiger partial charge on any atom is -0.391 e. The van der Waals surface area contributed by atoms with Crippen molar-refractivity contribution in [2.24, 2.45) is 4.99 Å². The average molecular weight is 291 g/mol. The van der Waals surface area contributed by atoms with Gasteiger partial charge in [-0.3, -0.25) is 4.99 Å². The number of nitrogens with zero attached hydrogens (tertiary/aromatic N) is 1. The molecule has 3 rings (SSSR count). The van der Waals surface area contributed by atoms with Gasteiger partial charge in [0, 0.05) is 12.8 Å². The molecule has 1 heterocycles. The predicted molar refractivity (Wildman–Crippen MR) is 86.1 cm³/mol. The number of rotatable bonds is 2. The maximum atomic E-state index is 9.86. The molecule has 1 fully saturated rings. The van der Waals surface area contributed by atoms with Crippen molar-refractivity contribution in [2.75, 3.05) is 13.1 Å². The minimum atomic E-state index is -0.321. The largest absolute Gasteiger partial charge is 0.391 e. The van der Waals surface area contributed by atoms with Crippen molar-refractivity contribution >= 4 is 29.4 Å². The number of aliphatic hydroxyl groups is 1. The molecule has 2 aromatic rings. The molecule has 0 aliphatic carbocycles. The summed E-state index contributed by atoms with van der Waals surface area (Å²) < 4.78 is 0. The van der Waals surface area contributed by atoms with Crippen LogP contribution in [0, 0.1) is 0 Å². The summed E-state index contributed by atoms with van der Waals surface area (Å²) in [6.45, 7) is 1.63. The van der Waals surface area contributed by atoms with E-state index in [0.717, 1.165) is 25.1 Å². The molecule has 1 saturated heterocycles. The van der Waals surface area contributed by atoms with Crippen LogP contribution < -0.4 is 5.32 Å². The van der Waals surface area contributed by atoms with Crippen LogP contribution >= 0.6 is 12.4 Å². The fourth-order valence-corrected chi connectivity index (χ4v) is 2.45. The summed E-state index contributed by atoms with van der Waals surface area (Å²) in [5, 5.41) is 15.6. The van der Waals surface area contributed by atoms with Crippen LogP contribution in [0.3, 0.4) is 0 Å². The highest BCUT2D eigenvalue weighted by atomic mass is 35.5. The van der Waals surface area contributed by atoms with Gasteiger partial charge < -0.3 is 10.4 Å². The number of piperidine rings is 1. The lowest BCUT2D eigenvalue weighted by Gasteiger charge is -2.24. The number of aliphatic hydroxyl groups excluding tert-OH is 1. The molecule has 2 N–H and O–H groups in total. The maximum Gasteiger partial charge on any atom is 0.0883 e. The highest BCUT2D eigenvalue weighted by Crippen LogP contribution is 2.15. The minimum absolute atomic E-state index is 0. The van der Waals surface area contributed by atoms with Crippen molar-refractivity contribution in [3.63, 3.8) is 0 Å². The number of halogens is 1. The van der Waals surface area contributed by atoms with Crippen LogP contribution in [0.1, 0.15) is 12.0 Å². The fraction of sp³-hybridized carbons (Fsp3) is 0.312. The first-order chi connectivity index (χ1) is 9.33. The molecule has 4 heteroatoms. The summed E-state index contributed by atoms with van der Waals surface area (Å²) >= 11 is 0. The molecule has 2 aromatic carbocycles. The van der Waals surface area contributed by atoms with E-state index in [0.29, 0.717) is 0 Å². The number of aliphatic imine (C=N–C) groups is 1. The molecule has 0 aromatic heterocycles. The molecular formula is C16H19ClN2O. The first kappa shape index (κ1) is 15.0. The Labute approximate surface area is 125 Å². The Morgan fingerprint density at radius 3 is 2.75 bits per heavy atom. The molecule has 0 unspecified atom stereocenters. The third-order valence-electron chi connectivity index (χ3n) is 3.60. The van der Waals surface area contributed by atoms with E-state index < -0.39 is 0 Å². The van der Waals surface area contributed by atoms with Gasteiger partial charge in [0.2, 0.25) is 0 Å². The summed E-state index contributed by atoms with van der Waals surface area (Å²) in [4.78, 5) is 4.50. The van der Waals surface area contributed by atoms with Gasteiger partial charge in [-0.1, -0.05) is 36.4 Å². The number of hydrogen-bond donors (Lipinski definition) is 2. The third-order valence-corrected chi connectivity index (χ3v) is 3.60. The van der Waals surface area contributed by atoms with Gasteiger partial charge in [0.15, 0.2) is 0 Å². The van der Waals surface area contributed by atoms with Gasteiger partial charge in [-0.15, -0.1) is 12.4 Å². The molecule has 0 saturated carbocycles. The van der Waals surface area contributed by atoms with Gasteiger partial charge in [0.1, 0.15) is 0 Å². The van der Waals surface area contributed by atoms with E-state index in [1.165, 1.54) is 10.8 Å². The Morgan fingerprint density at radius 2 is 1.95 bits per heavy atom. The molecule has 20 heavy (non-hydrogen) atoms. The summed E-state index contributed by atoms with van der Waals surface area (Å²) in [5.74, 6) is 0. The number of hydrogen-bond acceptors (Lipinski definition) is 3. The Balaban J connectivity index is 0.00000147. The van der Waals surface area contributed by atoms with Crippen LogP contribution in [-0.2, 0) is 0 Å². The summed E-state index contributed by atoms with van der Waals surface area (Å²) in [7, 11) is 0. The van der Waals surface area contributed by atoms with Crippen molar-refractivity contribution < 1.29 is 5.11 Å². The quantitative estimate of drug-likeness (QED) is 0.834. The van der Waals surface area contributed by atoms with Crippen molar-refractivity contribution in [2.45, 2.75) is 18.6 Å². The Bertz CT molecular complexity index is 600. The molecule has 0 bridgehead atoms. The predicted octanol–water partition coefficient (Wildman–Crippen LogP) is 2.40. The Hall–Kier alpha value is -1.42. The van der Waals surface area contributed by atoms with Crippen LogP contribution in [-0.4, -0.2) is 36.6 Å². The molecule has 106 valence electrons. The van der Waals surface area contributed by atoms with Gasteiger partial charge in [-0.05, 0) is 35.4 Å². The van der Waals surface area contributed by atoms with Crippen molar-refractivity contribution in [3.8, 4) is 0 Å². The smallest absolute Gasteiger partial charge is 0.0883 e. The van der Waals surface area contributed by atoms with Gasteiger partial charge >= 0.3 is 0 Å². The number of nitrogens with one attached hydrogen (secondary N) is 1. The van der Waals surface area contributed by atoms with E-state index in [1.807, 2.05) is 18.3 Å². The van der Waals surface area contributed by atoms with Crippen molar-refractivity contribution in [1.29, 1.82) is 0 Å². The van der Waals surface area contributed by atoms with Gasteiger partial charge in [-0.2, -0.15) is 0 Å². The molecule has 0 amide bonds. The summed E-state index contributed by atoms with van der Waals surface area (Å²) in [6.07, 6.45) is 2.32. The normalized spacial score (nSPS) is 22.9. The second-order valence-corrected chi connectivity index (χ2v) is 5.01. The zero-order valence-electron chi connectivity index (χ0n) is 11.2. The molecule has 1 aliphatic heterocycles. The molecule has 0 spiro atoms. The highest BCUT2D eigenvalue weighted by molar-refractivity contribution is 5.90. The van der Waals surface area contributed by atoms with E-state index in [2.05, 4.69) is 40.6 Å². The first-order valence-electron chi connectivity index (χ1n) is 6.74. The molecule has 0 radical (unpaired) electrons. The molecule has 3 nitrogen and oxygen atoms in total. The van der Waals surface area contributed by atoms with E-state index in [9.17, 15) is 5.11 Å². The zero-order chi connectivity index (χ0) is 13.1. The summed E-state index contributed by atoms with van der Waals surface area (Å²) in [5.41, 5.74) is 1.08. The van der Waals surface area contributed by atoms with Crippen molar-refractivity contribution in [1.82, 2.24) is 5.32 Å². The lowest BCUT2D eigenvalue weighted by Crippen LogP contribution is -2.42. The Kier molecular flexibility index (Phi) is 5.12. The van der Waals surface area contributed by atoms with Gasteiger partial charge in [0.25, 0.3) is 0 Å². The molecule has 2 atom stereocenters. The fourth-order valence-electron chi connectivity index (χ4n) is 2.45. The average Bonchev–Trinajstić information content (AvgIpc) is 2.46. The lowest BCUT2D eigenvalue weighted by molar-refractivity contribution is 0.117. The number of fused-ring (bicyclic) bond motifs is 1. The second kappa shape index (κ2) is 6.84. The lowest BCUT2D eigenvalue weighted by atomic mass is 10.0. The van der Waals surface area contributed by atoms with E-state index in [4.69, 9.17) is 0 Å². The van der Waals surface area contributed by atoms with Crippen LogP contribution in [0.25, 0.3) is 10.8 Å². The second-order valence-electron chi connectivity index (χ2n) is 5.01. The van der Waals surface area contributed by atoms with Crippen LogP contribution in [0.15, 0.2) is 47.5 Å². The monoisotopic (exact) mass is 290 g/mol. The van der Waals surface area contributed by atoms with E-state index >= 15 is 0 Å². The van der Waals surface area contributed by atoms with Gasteiger partial charge in [-0.25, -0.2) is 0 Å².